The molecule has 2 heterocycles. The summed E-state index contributed by atoms with van der Waals surface area (Å²) < 4.78 is 1.97. The van der Waals surface area contributed by atoms with E-state index in [0.717, 1.165) is 23.9 Å². The molecule has 0 spiro atoms. The predicted molar refractivity (Wildman–Crippen MR) is 109 cm³/mol. The average Bonchev–Trinajstić information content (AvgIpc) is 2.96. The van der Waals surface area contributed by atoms with Crippen molar-refractivity contribution in [2.24, 2.45) is 0 Å². The number of nitrogens with zero attached hydrogens (tertiary/aromatic N) is 3. The van der Waals surface area contributed by atoms with Crippen LogP contribution in [0.3, 0.4) is 0 Å². The Labute approximate surface area is 157 Å². The number of fused-ring (bicyclic) bond motifs is 2. The highest BCUT2D eigenvalue weighted by atomic mass is 16.1. The number of benzene rings is 2. The molecular weight excluding hydrogens is 338 g/mol. The molecule has 0 radical (unpaired) electrons. The van der Waals surface area contributed by atoms with Gasteiger partial charge in [0.25, 0.3) is 5.91 Å². The van der Waals surface area contributed by atoms with Gasteiger partial charge in [0.05, 0.1) is 11.0 Å². The lowest BCUT2D eigenvalue weighted by molar-refractivity contribution is 0.102. The van der Waals surface area contributed by atoms with Crippen molar-refractivity contribution >= 4 is 39.6 Å². The van der Waals surface area contributed by atoms with E-state index in [2.05, 4.69) is 17.2 Å². The summed E-state index contributed by atoms with van der Waals surface area (Å²) in [5, 5.41) is 2.97. The Morgan fingerprint density at radius 1 is 1.04 bits per heavy atom. The van der Waals surface area contributed by atoms with Crippen LogP contribution in [0.1, 0.15) is 30.1 Å². The van der Waals surface area contributed by atoms with E-state index in [0.29, 0.717) is 34.8 Å². The standard InChI is InChI=1S/C21H21N5O/c1-2-3-13-26-19(25-21(27)14-9-5-4-6-10-14)17(22)18-20(26)24-16-12-8-7-11-15(16)23-18/h4-12H,2-3,13,22H2,1H3,(H,25,27). The third kappa shape index (κ3) is 3.10. The van der Waals surface area contributed by atoms with Gasteiger partial charge in [-0.05, 0) is 30.7 Å². The summed E-state index contributed by atoms with van der Waals surface area (Å²) in [5.41, 5.74) is 10.3. The molecule has 3 N–H and O–H groups in total. The van der Waals surface area contributed by atoms with Crippen LogP contribution >= 0.6 is 0 Å². The van der Waals surface area contributed by atoms with Gasteiger partial charge in [0.2, 0.25) is 0 Å². The molecule has 0 fully saturated rings. The van der Waals surface area contributed by atoms with Crippen LogP contribution in [0, 0.1) is 0 Å². The van der Waals surface area contributed by atoms with Crippen molar-refractivity contribution in [1.82, 2.24) is 14.5 Å². The second-order valence-electron chi connectivity index (χ2n) is 6.47. The molecule has 0 saturated carbocycles. The zero-order chi connectivity index (χ0) is 18.8. The van der Waals surface area contributed by atoms with Crippen LogP contribution in [0.2, 0.25) is 0 Å². The number of carbonyl (C=O) groups is 1. The van der Waals surface area contributed by atoms with E-state index in [1.807, 2.05) is 47.0 Å². The maximum absolute atomic E-state index is 12.7. The molecule has 0 unspecified atom stereocenters. The van der Waals surface area contributed by atoms with Gasteiger partial charge in [0.1, 0.15) is 17.0 Å². The minimum absolute atomic E-state index is 0.201. The minimum Gasteiger partial charge on any atom is -0.394 e. The fraction of sp³-hybridized carbons (Fsp3) is 0.190. The molecule has 2 aromatic carbocycles. The van der Waals surface area contributed by atoms with Gasteiger partial charge in [0, 0.05) is 12.1 Å². The van der Waals surface area contributed by atoms with Gasteiger partial charge in [-0.25, -0.2) is 9.97 Å². The Morgan fingerprint density at radius 3 is 2.41 bits per heavy atom. The van der Waals surface area contributed by atoms with Crippen molar-refractivity contribution in [2.75, 3.05) is 11.1 Å². The highest BCUT2D eigenvalue weighted by Crippen LogP contribution is 2.32. The van der Waals surface area contributed by atoms with E-state index in [1.54, 1.807) is 12.1 Å². The van der Waals surface area contributed by atoms with Crippen LogP contribution in [0.15, 0.2) is 54.6 Å². The lowest BCUT2D eigenvalue weighted by Crippen LogP contribution is -2.16. The van der Waals surface area contributed by atoms with Crippen molar-refractivity contribution in [3.63, 3.8) is 0 Å². The number of hydrogen-bond donors (Lipinski definition) is 2. The van der Waals surface area contributed by atoms with Gasteiger partial charge in [-0.15, -0.1) is 0 Å². The number of unbranched alkanes of at least 4 members (excludes halogenated alkanes) is 1. The number of rotatable bonds is 5. The van der Waals surface area contributed by atoms with Gasteiger partial charge in [-0.1, -0.05) is 43.7 Å². The Morgan fingerprint density at radius 2 is 1.70 bits per heavy atom. The molecule has 0 atom stereocenters. The quantitative estimate of drug-likeness (QED) is 0.559. The van der Waals surface area contributed by atoms with Crippen molar-refractivity contribution in [3.05, 3.63) is 60.2 Å². The van der Waals surface area contributed by atoms with Crippen molar-refractivity contribution in [2.45, 2.75) is 26.3 Å². The third-order valence-corrected chi connectivity index (χ3v) is 4.59. The lowest BCUT2D eigenvalue weighted by atomic mass is 10.2. The van der Waals surface area contributed by atoms with Crippen LogP contribution < -0.4 is 11.1 Å². The monoisotopic (exact) mass is 359 g/mol. The number of carbonyl (C=O) groups excluding carboxylic acids is 1. The second kappa shape index (κ2) is 7.07. The summed E-state index contributed by atoms with van der Waals surface area (Å²) in [6.45, 7) is 2.83. The number of aromatic nitrogens is 3. The van der Waals surface area contributed by atoms with Gasteiger partial charge < -0.3 is 15.6 Å². The van der Waals surface area contributed by atoms with Gasteiger partial charge >= 0.3 is 0 Å². The summed E-state index contributed by atoms with van der Waals surface area (Å²) in [6.07, 6.45) is 1.97. The van der Waals surface area contributed by atoms with Crippen LogP contribution in [0.5, 0.6) is 0 Å². The number of nitrogens with one attached hydrogen (secondary N) is 1. The number of hydrogen-bond acceptors (Lipinski definition) is 4. The van der Waals surface area contributed by atoms with E-state index in [9.17, 15) is 4.79 Å². The normalized spacial score (nSPS) is 11.1. The lowest BCUT2D eigenvalue weighted by Gasteiger charge is -2.11. The molecule has 2 aromatic heterocycles. The van der Waals surface area contributed by atoms with Crippen LogP contribution in [0.4, 0.5) is 11.5 Å². The predicted octanol–water partition coefficient (Wildman–Crippen LogP) is 4.22. The second-order valence-corrected chi connectivity index (χ2v) is 6.47. The van der Waals surface area contributed by atoms with Crippen molar-refractivity contribution < 1.29 is 4.79 Å². The molecule has 0 bridgehead atoms. The number of para-hydroxylation sites is 2. The molecule has 4 aromatic rings. The van der Waals surface area contributed by atoms with Gasteiger partial charge in [-0.3, -0.25) is 4.79 Å². The Hall–Kier alpha value is -3.41. The first-order chi connectivity index (χ1) is 13.2. The average molecular weight is 359 g/mol. The van der Waals surface area contributed by atoms with Crippen LogP contribution in [-0.4, -0.2) is 20.4 Å². The summed E-state index contributed by atoms with van der Waals surface area (Å²) in [7, 11) is 0. The molecule has 0 aliphatic rings. The first-order valence-corrected chi connectivity index (χ1v) is 9.10. The number of nitrogens with two attached hydrogens (primary N) is 1. The van der Waals surface area contributed by atoms with E-state index in [1.165, 1.54) is 0 Å². The first-order valence-electron chi connectivity index (χ1n) is 9.10. The minimum atomic E-state index is -0.201. The molecule has 1 amide bonds. The highest BCUT2D eigenvalue weighted by molar-refractivity contribution is 6.09. The Bertz CT molecular complexity index is 1120. The number of nitrogen functional groups attached to an aromatic ring is 1. The smallest absolute Gasteiger partial charge is 0.256 e. The fourth-order valence-electron chi connectivity index (χ4n) is 3.16. The van der Waals surface area contributed by atoms with Gasteiger partial charge in [0.15, 0.2) is 5.65 Å². The van der Waals surface area contributed by atoms with Gasteiger partial charge in [-0.2, -0.15) is 0 Å². The maximum Gasteiger partial charge on any atom is 0.256 e. The van der Waals surface area contributed by atoms with Crippen LogP contribution in [-0.2, 0) is 6.54 Å². The fourth-order valence-corrected chi connectivity index (χ4v) is 3.16. The van der Waals surface area contributed by atoms with Crippen molar-refractivity contribution in [3.8, 4) is 0 Å². The summed E-state index contributed by atoms with van der Waals surface area (Å²) in [6, 6.07) is 16.8. The van der Waals surface area contributed by atoms with E-state index >= 15 is 0 Å². The van der Waals surface area contributed by atoms with E-state index in [-0.39, 0.29) is 5.91 Å². The molecule has 4 rings (SSSR count). The Balaban J connectivity index is 1.85. The maximum atomic E-state index is 12.7. The molecular formula is C21H21N5O. The van der Waals surface area contributed by atoms with E-state index < -0.39 is 0 Å². The summed E-state index contributed by atoms with van der Waals surface area (Å²) in [4.78, 5) is 22.1. The SMILES string of the molecule is CCCCn1c(NC(=O)c2ccccc2)c(N)c2nc3ccccc3nc21. The number of aryl methyl sites for hydroxylation is 1. The Kier molecular flexibility index (Phi) is 4.46. The zero-order valence-electron chi connectivity index (χ0n) is 15.1. The largest absolute Gasteiger partial charge is 0.394 e. The van der Waals surface area contributed by atoms with Crippen LogP contribution in [0.25, 0.3) is 22.2 Å². The molecule has 6 heteroatoms. The van der Waals surface area contributed by atoms with Crippen molar-refractivity contribution in [1.29, 1.82) is 0 Å². The zero-order valence-corrected chi connectivity index (χ0v) is 15.1. The number of amides is 1. The molecule has 0 aliphatic carbocycles. The highest BCUT2D eigenvalue weighted by Gasteiger charge is 2.20. The topological polar surface area (TPSA) is 85.8 Å². The third-order valence-electron chi connectivity index (χ3n) is 4.59. The molecule has 0 saturated heterocycles. The molecule has 0 aliphatic heterocycles. The molecule has 136 valence electrons. The number of anilines is 2. The first kappa shape index (κ1) is 17.0. The molecule has 6 nitrogen and oxygen atoms in total. The summed E-state index contributed by atoms with van der Waals surface area (Å²) in [5.74, 6) is 0.356. The summed E-state index contributed by atoms with van der Waals surface area (Å²) >= 11 is 0. The molecule has 27 heavy (non-hydrogen) atoms. The van der Waals surface area contributed by atoms with E-state index in [4.69, 9.17) is 10.7 Å².